The lowest BCUT2D eigenvalue weighted by Crippen LogP contribution is -2.14. The number of amides is 1. The maximum atomic E-state index is 12.0. The van der Waals surface area contributed by atoms with Gasteiger partial charge in [-0.25, -0.2) is 0 Å². The summed E-state index contributed by atoms with van der Waals surface area (Å²) in [6.07, 6.45) is 0. The van der Waals surface area contributed by atoms with Crippen molar-refractivity contribution in [2.75, 3.05) is 17.7 Å². The molecular formula is C9H8N6O3S. The van der Waals surface area contributed by atoms with Gasteiger partial charge >= 0.3 is 5.69 Å². The van der Waals surface area contributed by atoms with Gasteiger partial charge in [-0.05, 0) is 17.3 Å². The number of hydrogen-bond donors (Lipinski definition) is 2. The number of nitrogens with zero attached hydrogens (tertiary/aromatic N) is 4. The van der Waals surface area contributed by atoms with Gasteiger partial charge in [-0.3, -0.25) is 20.2 Å². The lowest BCUT2D eigenvalue weighted by molar-refractivity contribution is -0.384. The quantitative estimate of drug-likeness (QED) is 0.635. The van der Waals surface area contributed by atoms with E-state index < -0.39 is 10.8 Å². The van der Waals surface area contributed by atoms with Gasteiger partial charge in [0, 0.05) is 18.6 Å². The number of nitro benzene ring substituents is 1. The summed E-state index contributed by atoms with van der Waals surface area (Å²) in [5.74, 6) is -0.637. The Morgan fingerprint density at radius 3 is 2.84 bits per heavy atom. The summed E-state index contributed by atoms with van der Waals surface area (Å²) in [6.45, 7) is 0. The standard InChI is InChI=1S/C9H8N6O3S/c1-10-6-4-2-3-5(7(6)15(17)18)8(16)11-9-12-13-14-19-9/h2-4,10H,1H3,(H,11,12,14,16). The minimum absolute atomic E-state index is 0.0629. The van der Waals surface area contributed by atoms with Crippen LogP contribution in [0.3, 0.4) is 0 Å². The molecule has 1 aromatic heterocycles. The second kappa shape index (κ2) is 5.35. The van der Waals surface area contributed by atoms with Crippen LogP contribution in [0.5, 0.6) is 0 Å². The Morgan fingerprint density at radius 2 is 2.26 bits per heavy atom. The molecule has 0 aliphatic rings. The average Bonchev–Trinajstić information content (AvgIpc) is 2.90. The van der Waals surface area contributed by atoms with Crippen LogP contribution >= 0.6 is 11.5 Å². The highest BCUT2D eigenvalue weighted by Crippen LogP contribution is 2.28. The van der Waals surface area contributed by atoms with Crippen molar-refractivity contribution in [2.24, 2.45) is 0 Å². The molecule has 0 fully saturated rings. The van der Waals surface area contributed by atoms with Crippen LogP contribution in [0, 0.1) is 10.1 Å². The van der Waals surface area contributed by atoms with Crippen LogP contribution in [0.1, 0.15) is 10.4 Å². The van der Waals surface area contributed by atoms with Gasteiger partial charge in [-0.1, -0.05) is 15.7 Å². The molecule has 98 valence electrons. The topological polar surface area (TPSA) is 123 Å². The van der Waals surface area contributed by atoms with E-state index in [1.54, 1.807) is 13.1 Å². The predicted octanol–water partition coefficient (Wildman–Crippen LogP) is 1.14. The zero-order valence-corrected chi connectivity index (χ0v) is 10.5. The van der Waals surface area contributed by atoms with Crippen LogP contribution in [0.4, 0.5) is 16.5 Å². The second-order valence-corrected chi connectivity index (χ2v) is 4.06. The first kappa shape index (κ1) is 12.8. The highest BCUT2D eigenvalue weighted by Gasteiger charge is 2.24. The van der Waals surface area contributed by atoms with E-state index in [2.05, 4.69) is 25.4 Å². The first-order valence-corrected chi connectivity index (χ1v) is 5.82. The molecule has 0 aliphatic heterocycles. The van der Waals surface area contributed by atoms with Gasteiger partial charge in [0.05, 0.1) is 4.92 Å². The molecule has 2 aromatic rings. The van der Waals surface area contributed by atoms with Gasteiger partial charge in [0.25, 0.3) is 5.91 Å². The Kier molecular flexibility index (Phi) is 3.61. The highest BCUT2D eigenvalue weighted by molar-refractivity contribution is 7.09. The molecule has 0 aliphatic carbocycles. The summed E-state index contributed by atoms with van der Waals surface area (Å²) in [7, 11) is 1.54. The van der Waals surface area contributed by atoms with E-state index in [1.807, 2.05) is 0 Å². The molecule has 0 atom stereocenters. The Bertz CT molecular complexity index is 614. The van der Waals surface area contributed by atoms with Crippen molar-refractivity contribution >= 4 is 33.9 Å². The highest BCUT2D eigenvalue weighted by atomic mass is 32.1. The van der Waals surface area contributed by atoms with Crippen molar-refractivity contribution in [3.63, 3.8) is 0 Å². The van der Waals surface area contributed by atoms with Crippen molar-refractivity contribution in [3.05, 3.63) is 33.9 Å². The van der Waals surface area contributed by atoms with Gasteiger partial charge in [-0.2, -0.15) is 0 Å². The molecule has 0 saturated carbocycles. The molecular weight excluding hydrogens is 272 g/mol. The molecule has 1 heterocycles. The van der Waals surface area contributed by atoms with Crippen LogP contribution in [0.25, 0.3) is 0 Å². The molecule has 0 saturated heterocycles. The molecule has 10 heteroatoms. The van der Waals surface area contributed by atoms with Crippen molar-refractivity contribution < 1.29 is 9.72 Å². The van der Waals surface area contributed by atoms with Crippen molar-refractivity contribution in [2.45, 2.75) is 0 Å². The number of carbonyl (C=O) groups is 1. The second-order valence-electron chi connectivity index (χ2n) is 3.33. The summed E-state index contributed by atoms with van der Waals surface area (Å²) >= 11 is 0.880. The van der Waals surface area contributed by atoms with Crippen molar-refractivity contribution in [1.82, 2.24) is 14.8 Å². The normalized spacial score (nSPS) is 9.95. The Labute approximate surface area is 111 Å². The van der Waals surface area contributed by atoms with E-state index >= 15 is 0 Å². The van der Waals surface area contributed by atoms with Crippen molar-refractivity contribution in [1.29, 1.82) is 0 Å². The first-order valence-electron chi connectivity index (χ1n) is 5.05. The number of rotatable bonds is 4. The van der Waals surface area contributed by atoms with Gasteiger partial charge in [0.2, 0.25) is 5.13 Å². The monoisotopic (exact) mass is 280 g/mol. The molecule has 0 radical (unpaired) electrons. The Hall–Kier alpha value is -2.62. The van der Waals surface area contributed by atoms with E-state index in [0.717, 1.165) is 11.5 Å². The third-order valence-electron chi connectivity index (χ3n) is 2.25. The van der Waals surface area contributed by atoms with Crippen LogP contribution < -0.4 is 10.6 Å². The molecule has 1 amide bonds. The smallest absolute Gasteiger partial charge is 0.305 e. The molecule has 0 spiro atoms. The van der Waals surface area contributed by atoms with Gasteiger partial charge < -0.3 is 5.32 Å². The maximum Gasteiger partial charge on any atom is 0.305 e. The fourth-order valence-corrected chi connectivity index (χ4v) is 1.83. The van der Waals surface area contributed by atoms with Gasteiger partial charge in [0.1, 0.15) is 11.3 Å². The number of nitro groups is 1. The zero-order chi connectivity index (χ0) is 13.8. The summed E-state index contributed by atoms with van der Waals surface area (Å²) in [5, 5.41) is 23.2. The van der Waals surface area contributed by atoms with Crippen LogP contribution in [-0.4, -0.2) is 32.7 Å². The molecule has 0 unspecified atom stereocenters. The number of benzene rings is 1. The number of aromatic nitrogens is 3. The van der Waals surface area contributed by atoms with E-state index in [-0.39, 0.29) is 22.1 Å². The summed E-state index contributed by atoms with van der Waals surface area (Å²) < 4.78 is 3.48. The number of nitrogens with one attached hydrogen (secondary N) is 2. The average molecular weight is 280 g/mol. The largest absolute Gasteiger partial charge is 0.383 e. The fourth-order valence-electron chi connectivity index (χ4n) is 1.47. The van der Waals surface area contributed by atoms with Crippen LogP contribution in [0.2, 0.25) is 0 Å². The number of carbonyl (C=O) groups excluding carboxylic acids is 1. The van der Waals surface area contributed by atoms with E-state index in [0.29, 0.717) is 0 Å². The predicted molar refractivity (Wildman–Crippen MR) is 68.3 cm³/mol. The van der Waals surface area contributed by atoms with Crippen LogP contribution in [-0.2, 0) is 0 Å². The summed E-state index contributed by atoms with van der Waals surface area (Å²) in [6, 6.07) is 4.43. The van der Waals surface area contributed by atoms with E-state index in [4.69, 9.17) is 0 Å². The number of anilines is 2. The maximum absolute atomic E-state index is 12.0. The third kappa shape index (κ3) is 2.63. The molecule has 0 bridgehead atoms. The minimum atomic E-state index is -0.637. The Morgan fingerprint density at radius 1 is 1.47 bits per heavy atom. The molecule has 19 heavy (non-hydrogen) atoms. The summed E-state index contributed by atoms with van der Waals surface area (Å²) in [5.41, 5.74) is -0.0972. The number of hydrogen-bond acceptors (Lipinski definition) is 8. The lowest BCUT2D eigenvalue weighted by atomic mass is 10.1. The molecule has 2 N–H and O–H groups in total. The van der Waals surface area contributed by atoms with E-state index in [1.165, 1.54) is 12.1 Å². The molecule has 9 nitrogen and oxygen atoms in total. The van der Waals surface area contributed by atoms with Gasteiger partial charge in [0.15, 0.2) is 0 Å². The van der Waals surface area contributed by atoms with Crippen molar-refractivity contribution in [3.8, 4) is 0 Å². The molecule has 2 rings (SSSR count). The summed E-state index contributed by atoms with van der Waals surface area (Å²) in [4.78, 5) is 22.4. The van der Waals surface area contributed by atoms with Crippen LogP contribution in [0.15, 0.2) is 18.2 Å². The molecule has 1 aromatic carbocycles. The Balaban J connectivity index is 2.38. The van der Waals surface area contributed by atoms with E-state index in [9.17, 15) is 14.9 Å². The minimum Gasteiger partial charge on any atom is -0.383 e. The number of para-hydroxylation sites is 1. The fraction of sp³-hybridized carbons (Fsp3) is 0.111. The zero-order valence-electron chi connectivity index (χ0n) is 9.65. The lowest BCUT2D eigenvalue weighted by Gasteiger charge is -2.06. The SMILES string of the molecule is CNc1cccc(C(=O)Nc2nnns2)c1[N+](=O)[O-]. The third-order valence-corrected chi connectivity index (χ3v) is 2.76. The first-order chi connectivity index (χ1) is 9.13. The van der Waals surface area contributed by atoms with Gasteiger partial charge in [-0.15, -0.1) is 0 Å².